The summed E-state index contributed by atoms with van der Waals surface area (Å²) in [5, 5.41) is 9.05. The SMILES string of the molecule is CC(C)(C)OC(=O)N1CCC2(CC1)COC2C(=O)O. The summed E-state index contributed by atoms with van der Waals surface area (Å²) in [6.45, 7) is 7.03. The quantitative estimate of drug-likeness (QED) is 0.782. The van der Waals surface area contributed by atoms with E-state index in [1.54, 1.807) is 4.90 Å². The van der Waals surface area contributed by atoms with Crippen molar-refractivity contribution in [3.63, 3.8) is 0 Å². The number of ether oxygens (including phenoxy) is 2. The zero-order chi connectivity index (χ0) is 14.3. The number of piperidine rings is 1. The van der Waals surface area contributed by atoms with Crippen molar-refractivity contribution in [1.82, 2.24) is 4.90 Å². The average Bonchev–Trinajstić information content (AvgIpc) is 2.24. The Bertz CT molecular complexity index is 379. The van der Waals surface area contributed by atoms with Crippen molar-refractivity contribution in [2.75, 3.05) is 19.7 Å². The summed E-state index contributed by atoms with van der Waals surface area (Å²) >= 11 is 0. The topological polar surface area (TPSA) is 76.1 Å². The van der Waals surface area contributed by atoms with E-state index in [-0.39, 0.29) is 11.5 Å². The molecule has 0 radical (unpaired) electrons. The van der Waals surface area contributed by atoms with Crippen LogP contribution < -0.4 is 0 Å². The number of amides is 1. The molecule has 0 aromatic heterocycles. The zero-order valence-corrected chi connectivity index (χ0v) is 11.6. The first-order valence-corrected chi connectivity index (χ1v) is 6.56. The number of aliphatic carboxylic acids is 1. The number of nitrogens with zero attached hydrogens (tertiary/aromatic N) is 1. The van der Waals surface area contributed by atoms with E-state index >= 15 is 0 Å². The lowest BCUT2D eigenvalue weighted by atomic mass is 9.70. The minimum atomic E-state index is -0.906. The third kappa shape index (κ3) is 2.83. The van der Waals surface area contributed by atoms with Gasteiger partial charge in [0.15, 0.2) is 6.10 Å². The molecule has 1 unspecified atom stereocenters. The van der Waals surface area contributed by atoms with Crippen molar-refractivity contribution in [3.8, 4) is 0 Å². The molecule has 0 aromatic rings. The largest absolute Gasteiger partial charge is 0.479 e. The van der Waals surface area contributed by atoms with E-state index in [0.29, 0.717) is 32.5 Å². The lowest BCUT2D eigenvalue weighted by Crippen LogP contribution is -2.61. The van der Waals surface area contributed by atoms with Gasteiger partial charge >= 0.3 is 12.1 Å². The summed E-state index contributed by atoms with van der Waals surface area (Å²) in [5.41, 5.74) is -0.792. The van der Waals surface area contributed by atoms with Gasteiger partial charge in [-0.25, -0.2) is 9.59 Å². The van der Waals surface area contributed by atoms with Crippen LogP contribution in [0.4, 0.5) is 4.79 Å². The van der Waals surface area contributed by atoms with Crippen molar-refractivity contribution in [2.45, 2.75) is 45.3 Å². The molecule has 2 saturated heterocycles. The third-order valence-corrected chi connectivity index (χ3v) is 3.73. The van der Waals surface area contributed by atoms with Crippen LogP contribution >= 0.6 is 0 Å². The van der Waals surface area contributed by atoms with Gasteiger partial charge in [0.1, 0.15) is 5.60 Å². The second-order valence-corrected chi connectivity index (χ2v) is 6.36. The molecular weight excluding hydrogens is 250 g/mol. The number of carboxylic acid groups (broad SMARTS) is 1. The van der Waals surface area contributed by atoms with Crippen LogP contribution in [0.15, 0.2) is 0 Å². The lowest BCUT2D eigenvalue weighted by Gasteiger charge is -2.51. The molecule has 1 spiro atoms. The fourth-order valence-corrected chi connectivity index (χ4v) is 2.60. The molecule has 1 atom stereocenters. The molecule has 2 rings (SSSR count). The van der Waals surface area contributed by atoms with Gasteiger partial charge in [-0.2, -0.15) is 0 Å². The molecule has 6 heteroatoms. The zero-order valence-electron chi connectivity index (χ0n) is 11.6. The van der Waals surface area contributed by atoms with E-state index in [2.05, 4.69) is 0 Å². The van der Waals surface area contributed by atoms with Crippen LogP contribution in [0.2, 0.25) is 0 Å². The standard InChI is InChI=1S/C13H21NO5/c1-12(2,3)19-11(17)14-6-4-13(5-7-14)8-18-9(13)10(15)16/h9H,4-8H2,1-3H3,(H,15,16). The predicted octanol–water partition coefficient (Wildman–Crippen LogP) is 1.49. The van der Waals surface area contributed by atoms with Crippen molar-refractivity contribution < 1.29 is 24.2 Å². The molecular formula is C13H21NO5. The maximum Gasteiger partial charge on any atom is 0.410 e. The van der Waals surface area contributed by atoms with Crippen molar-refractivity contribution in [3.05, 3.63) is 0 Å². The Balaban J connectivity index is 1.89. The van der Waals surface area contributed by atoms with Crippen molar-refractivity contribution >= 4 is 12.1 Å². The third-order valence-electron chi connectivity index (χ3n) is 3.73. The van der Waals surface area contributed by atoms with Gasteiger partial charge in [0.25, 0.3) is 0 Å². The summed E-state index contributed by atoms with van der Waals surface area (Å²) in [7, 11) is 0. The van der Waals surface area contributed by atoms with Crippen LogP contribution in [0.5, 0.6) is 0 Å². The first-order chi connectivity index (χ1) is 8.73. The van der Waals surface area contributed by atoms with Gasteiger partial charge in [-0.15, -0.1) is 0 Å². The molecule has 1 amide bonds. The van der Waals surface area contributed by atoms with Gasteiger partial charge in [0.05, 0.1) is 6.61 Å². The van der Waals surface area contributed by atoms with E-state index in [4.69, 9.17) is 14.6 Å². The van der Waals surface area contributed by atoms with Gasteiger partial charge in [-0.3, -0.25) is 0 Å². The molecule has 19 heavy (non-hydrogen) atoms. The Hall–Kier alpha value is -1.30. The van der Waals surface area contributed by atoms with Gasteiger partial charge in [0, 0.05) is 18.5 Å². The van der Waals surface area contributed by atoms with Crippen LogP contribution in [-0.2, 0) is 14.3 Å². The molecule has 0 bridgehead atoms. The maximum atomic E-state index is 11.9. The Morgan fingerprint density at radius 3 is 2.26 bits per heavy atom. The Labute approximate surface area is 112 Å². The highest BCUT2D eigenvalue weighted by Crippen LogP contribution is 2.44. The number of hydrogen-bond donors (Lipinski definition) is 1. The highest BCUT2D eigenvalue weighted by molar-refractivity contribution is 5.75. The summed E-state index contributed by atoms with van der Waals surface area (Å²) in [6.07, 6.45) is 0.273. The molecule has 2 aliphatic heterocycles. The van der Waals surface area contributed by atoms with Gasteiger partial charge in [-0.1, -0.05) is 0 Å². The van der Waals surface area contributed by atoms with Crippen LogP contribution in [0.1, 0.15) is 33.6 Å². The smallest absolute Gasteiger partial charge is 0.410 e. The fourth-order valence-electron chi connectivity index (χ4n) is 2.60. The van der Waals surface area contributed by atoms with E-state index < -0.39 is 17.7 Å². The number of carboxylic acids is 1. The van der Waals surface area contributed by atoms with E-state index in [1.807, 2.05) is 20.8 Å². The van der Waals surface area contributed by atoms with Crippen LogP contribution in [-0.4, -0.2) is 53.5 Å². The molecule has 2 fully saturated rings. The molecule has 0 aromatic carbocycles. The van der Waals surface area contributed by atoms with E-state index in [0.717, 1.165) is 0 Å². The molecule has 2 aliphatic rings. The lowest BCUT2D eigenvalue weighted by molar-refractivity contribution is -0.219. The number of hydrogen-bond acceptors (Lipinski definition) is 4. The summed E-state index contributed by atoms with van der Waals surface area (Å²) in [5.74, 6) is -0.906. The van der Waals surface area contributed by atoms with Crippen LogP contribution in [0.3, 0.4) is 0 Å². The Morgan fingerprint density at radius 2 is 1.89 bits per heavy atom. The normalized spacial score (nSPS) is 25.8. The highest BCUT2D eigenvalue weighted by atomic mass is 16.6. The van der Waals surface area contributed by atoms with E-state index in [1.165, 1.54) is 0 Å². The minimum Gasteiger partial charge on any atom is -0.479 e. The molecule has 0 aliphatic carbocycles. The maximum absolute atomic E-state index is 11.9. The summed E-state index contributed by atoms with van der Waals surface area (Å²) in [4.78, 5) is 24.6. The molecule has 6 nitrogen and oxygen atoms in total. The second-order valence-electron chi connectivity index (χ2n) is 6.36. The highest BCUT2D eigenvalue weighted by Gasteiger charge is 2.54. The number of likely N-dealkylation sites (tertiary alicyclic amines) is 1. The van der Waals surface area contributed by atoms with Crippen molar-refractivity contribution in [2.24, 2.45) is 5.41 Å². The molecule has 2 heterocycles. The number of carbonyl (C=O) groups is 2. The Morgan fingerprint density at radius 1 is 1.32 bits per heavy atom. The number of rotatable bonds is 1. The van der Waals surface area contributed by atoms with Crippen molar-refractivity contribution in [1.29, 1.82) is 0 Å². The van der Waals surface area contributed by atoms with Crippen LogP contribution in [0.25, 0.3) is 0 Å². The minimum absolute atomic E-state index is 0.287. The first kappa shape index (κ1) is 14.1. The molecule has 108 valence electrons. The van der Waals surface area contributed by atoms with E-state index in [9.17, 15) is 9.59 Å². The summed E-state index contributed by atoms with van der Waals surface area (Å²) in [6, 6.07) is 0. The van der Waals surface area contributed by atoms with Gasteiger partial charge in [0.2, 0.25) is 0 Å². The van der Waals surface area contributed by atoms with Gasteiger partial charge < -0.3 is 19.5 Å². The summed E-state index contributed by atoms with van der Waals surface area (Å²) < 4.78 is 10.4. The first-order valence-electron chi connectivity index (χ1n) is 6.56. The average molecular weight is 271 g/mol. The Kier molecular flexibility index (Phi) is 3.47. The van der Waals surface area contributed by atoms with Crippen LogP contribution in [0, 0.1) is 5.41 Å². The fraction of sp³-hybridized carbons (Fsp3) is 0.846. The predicted molar refractivity (Wildman–Crippen MR) is 66.8 cm³/mol. The monoisotopic (exact) mass is 271 g/mol. The number of carbonyl (C=O) groups excluding carboxylic acids is 1. The molecule has 1 N–H and O–H groups in total. The molecule has 0 saturated carbocycles. The van der Waals surface area contributed by atoms with Gasteiger partial charge in [-0.05, 0) is 33.6 Å². The second kappa shape index (κ2) is 4.67.